The standard InChI is InChI=1S/C14H19N5/c15-8-11-3-6-19(7-4-11)14-17-9-12(10-18-14)13-2-1-5-16-13/h1-2,5,9-11,16H,3-4,6-8,15H2. The molecule has 3 N–H and O–H groups in total. The van der Waals surface area contributed by atoms with Crippen LogP contribution in [0.3, 0.4) is 0 Å². The quantitative estimate of drug-likeness (QED) is 0.877. The number of aromatic amines is 1. The molecule has 0 radical (unpaired) electrons. The van der Waals surface area contributed by atoms with E-state index < -0.39 is 0 Å². The number of hydrogen-bond acceptors (Lipinski definition) is 4. The molecule has 3 rings (SSSR count). The van der Waals surface area contributed by atoms with Crippen LogP contribution in [0.15, 0.2) is 30.7 Å². The van der Waals surface area contributed by atoms with Crippen LogP contribution in [0.4, 0.5) is 5.95 Å². The van der Waals surface area contributed by atoms with Gasteiger partial charge in [0.1, 0.15) is 0 Å². The zero-order valence-corrected chi connectivity index (χ0v) is 10.9. The van der Waals surface area contributed by atoms with Crippen LogP contribution in [0, 0.1) is 5.92 Å². The maximum atomic E-state index is 5.71. The van der Waals surface area contributed by atoms with Gasteiger partial charge in [0.15, 0.2) is 0 Å². The molecule has 0 saturated carbocycles. The molecule has 2 aromatic rings. The fourth-order valence-corrected chi connectivity index (χ4v) is 2.50. The topological polar surface area (TPSA) is 70.8 Å². The van der Waals surface area contributed by atoms with Crippen LogP contribution in [-0.2, 0) is 0 Å². The lowest BCUT2D eigenvalue weighted by molar-refractivity contribution is 0.411. The second kappa shape index (κ2) is 5.40. The lowest BCUT2D eigenvalue weighted by Crippen LogP contribution is -2.37. The molecular formula is C14H19N5. The van der Waals surface area contributed by atoms with Crippen molar-refractivity contribution >= 4 is 5.95 Å². The van der Waals surface area contributed by atoms with Gasteiger partial charge in [-0.3, -0.25) is 0 Å². The van der Waals surface area contributed by atoms with Crippen molar-refractivity contribution in [2.24, 2.45) is 11.7 Å². The smallest absolute Gasteiger partial charge is 0.225 e. The summed E-state index contributed by atoms with van der Waals surface area (Å²) in [6, 6.07) is 3.99. The Hall–Kier alpha value is -1.88. The first-order chi connectivity index (χ1) is 9.36. The van der Waals surface area contributed by atoms with Crippen LogP contribution in [0.5, 0.6) is 0 Å². The SMILES string of the molecule is NCC1CCN(c2ncc(-c3ccc[nH]3)cn2)CC1. The molecule has 0 aliphatic carbocycles. The van der Waals surface area contributed by atoms with Crippen molar-refractivity contribution in [2.45, 2.75) is 12.8 Å². The van der Waals surface area contributed by atoms with Gasteiger partial charge in [0, 0.05) is 42.9 Å². The molecule has 0 atom stereocenters. The number of aromatic nitrogens is 3. The summed E-state index contributed by atoms with van der Waals surface area (Å²) in [4.78, 5) is 14.3. The average molecular weight is 257 g/mol. The van der Waals surface area contributed by atoms with Gasteiger partial charge in [-0.25, -0.2) is 9.97 Å². The van der Waals surface area contributed by atoms with Crippen molar-refractivity contribution in [3.8, 4) is 11.3 Å². The van der Waals surface area contributed by atoms with Crippen LogP contribution in [0.25, 0.3) is 11.3 Å². The van der Waals surface area contributed by atoms with Gasteiger partial charge in [-0.15, -0.1) is 0 Å². The molecule has 1 saturated heterocycles. The molecule has 0 aromatic carbocycles. The average Bonchev–Trinajstić information content (AvgIpc) is 3.02. The van der Waals surface area contributed by atoms with Gasteiger partial charge in [0.05, 0.1) is 0 Å². The van der Waals surface area contributed by atoms with Crippen molar-refractivity contribution in [1.29, 1.82) is 0 Å². The number of nitrogens with two attached hydrogens (primary N) is 1. The molecule has 0 spiro atoms. The Morgan fingerprint density at radius 2 is 2.00 bits per heavy atom. The van der Waals surface area contributed by atoms with E-state index in [1.54, 1.807) is 0 Å². The molecule has 0 unspecified atom stereocenters. The molecule has 19 heavy (non-hydrogen) atoms. The third-order valence-corrected chi connectivity index (χ3v) is 3.78. The molecule has 3 heterocycles. The molecule has 0 bridgehead atoms. The Bertz CT molecular complexity index is 497. The molecule has 5 nitrogen and oxygen atoms in total. The summed E-state index contributed by atoms with van der Waals surface area (Å²) in [5.74, 6) is 1.49. The highest BCUT2D eigenvalue weighted by Crippen LogP contribution is 2.21. The number of nitrogens with one attached hydrogen (secondary N) is 1. The second-order valence-electron chi connectivity index (χ2n) is 5.02. The van der Waals surface area contributed by atoms with Crippen molar-refractivity contribution in [3.63, 3.8) is 0 Å². The summed E-state index contributed by atoms with van der Waals surface area (Å²) >= 11 is 0. The van der Waals surface area contributed by atoms with E-state index in [1.807, 2.05) is 30.7 Å². The lowest BCUT2D eigenvalue weighted by atomic mass is 9.97. The Balaban J connectivity index is 1.70. The fraction of sp³-hybridized carbons (Fsp3) is 0.429. The lowest BCUT2D eigenvalue weighted by Gasteiger charge is -2.31. The van der Waals surface area contributed by atoms with Crippen molar-refractivity contribution in [3.05, 3.63) is 30.7 Å². The Morgan fingerprint density at radius 1 is 1.26 bits per heavy atom. The largest absolute Gasteiger partial charge is 0.361 e. The van der Waals surface area contributed by atoms with Gasteiger partial charge in [-0.05, 0) is 37.4 Å². The minimum absolute atomic E-state index is 0.662. The van der Waals surface area contributed by atoms with E-state index in [4.69, 9.17) is 5.73 Å². The summed E-state index contributed by atoms with van der Waals surface area (Å²) in [5, 5.41) is 0. The van der Waals surface area contributed by atoms with E-state index in [2.05, 4.69) is 19.9 Å². The summed E-state index contributed by atoms with van der Waals surface area (Å²) in [6.07, 6.45) is 7.93. The van der Waals surface area contributed by atoms with E-state index in [0.29, 0.717) is 5.92 Å². The minimum Gasteiger partial charge on any atom is -0.361 e. The first-order valence-electron chi connectivity index (χ1n) is 6.77. The highest BCUT2D eigenvalue weighted by Gasteiger charge is 2.19. The van der Waals surface area contributed by atoms with Crippen molar-refractivity contribution < 1.29 is 0 Å². The number of hydrogen-bond donors (Lipinski definition) is 2. The Morgan fingerprint density at radius 3 is 2.58 bits per heavy atom. The zero-order valence-electron chi connectivity index (χ0n) is 10.9. The maximum absolute atomic E-state index is 5.71. The van der Waals surface area contributed by atoms with Crippen LogP contribution in [0.1, 0.15) is 12.8 Å². The fourth-order valence-electron chi connectivity index (χ4n) is 2.50. The predicted octanol–water partition coefficient (Wildman–Crippen LogP) is 1.65. The number of nitrogens with zero attached hydrogens (tertiary/aromatic N) is 3. The van der Waals surface area contributed by atoms with E-state index in [9.17, 15) is 0 Å². The van der Waals surface area contributed by atoms with Crippen LogP contribution >= 0.6 is 0 Å². The highest BCUT2D eigenvalue weighted by molar-refractivity contribution is 5.57. The van der Waals surface area contributed by atoms with Gasteiger partial charge < -0.3 is 15.6 Å². The van der Waals surface area contributed by atoms with Crippen molar-refractivity contribution in [2.75, 3.05) is 24.5 Å². The third kappa shape index (κ3) is 2.61. The summed E-state index contributed by atoms with van der Waals surface area (Å²) in [7, 11) is 0. The van der Waals surface area contributed by atoms with Crippen molar-refractivity contribution in [1.82, 2.24) is 15.0 Å². The van der Waals surface area contributed by atoms with Gasteiger partial charge in [0.2, 0.25) is 5.95 Å². The first-order valence-corrected chi connectivity index (χ1v) is 6.77. The summed E-state index contributed by atoms with van der Waals surface area (Å²) in [6.45, 7) is 2.80. The number of piperidine rings is 1. The number of H-pyrrole nitrogens is 1. The second-order valence-corrected chi connectivity index (χ2v) is 5.02. The zero-order chi connectivity index (χ0) is 13.1. The monoisotopic (exact) mass is 257 g/mol. The van der Waals surface area contributed by atoms with E-state index >= 15 is 0 Å². The van der Waals surface area contributed by atoms with Crippen LogP contribution < -0.4 is 10.6 Å². The first kappa shape index (κ1) is 12.2. The highest BCUT2D eigenvalue weighted by atomic mass is 15.2. The Kier molecular flexibility index (Phi) is 3.46. The van der Waals surface area contributed by atoms with E-state index in [1.165, 1.54) is 0 Å². The molecule has 5 heteroatoms. The number of anilines is 1. The van der Waals surface area contributed by atoms with E-state index in [-0.39, 0.29) is 0 Å². The van der Waals surface area contributed by atoms with Gasteiger partial charge >= 0.3 is 0 Å². The molecule has 0 amide bonds. The third-order valence-electron chi connectivity index (χ3n) is 3.78. The molecule has 2 aromatic heterocycles. The van der Waals surface area contributed by atoms with Crippen LogP contribution in [0.2, 0.25) is 0 Å². The number of rotatable bonds is 3. The van der Waals surface area contributed by atoms with Gasteiger partial charge in [-0.1, -0.05) is 0 Å². The Labute approximate surface area is 112 Å². The predicted molar refractivity (Wildman–Crippen MR) is 75.8 cm³/mol. The molecule has 100 valence electrons. The summed E-state index contributed by atoms with van der Waals surface area (Å²) < 4.78 is 0. The minimum atomic E-state index is 0.662. The van der Waals surface area contributed by atoms with E-state index in [0.717, 1.165) is 49.7 Å². The van der Waals surface area contributed by atoms with Crippen LogP contribution in [-0.4, -0.2) is 34.6 Å². The van der Waals surface area contributed by atoms with Gasteiger partial charge in [0.25, 0.3) is 0 Å². The van der Waals surface area contributed by atoms with Gasteiger partial charge in [-0.2, -0.15) is 0 Å². The molecule has 1 aliphatic heterocycles. The molecule has 1 aliphatic rings. The molecular weight excluding hydrogens is 238 g/mol. The maximum Gasteiger partial charge on any atom is 0.225 e. The summed E-state index contributed by atoms with van der Waals surface area (Å²) in [5.41, 5.74) is 7.78. The molecule has 1 fully saturated rings. The normalized spacial score (nSPS) is 16.8.